The standard InChI is InChI=1S/C10H19NO4/c1-14-7-2-5-11-9(3-6-12)4-8-15-10(11)13/h9,12H,2-8H2,1H3. The van der Waals surface area contributed by atoms with Gasteiger partial charge < -0.3 is 19.5 Å². The smallest absolute Gasteiger partial charge is 0.410 e. The number of carbonyl (C=O) groups is 1. The summed E-state index contributed by atoms with van der Waals surface area (Å²) in [7, 11) is 1.64. The van der Waals surface area contributed by atoms with Crippen molar-refractivity contribution in [2.24, 2.45) is 0 Å². The van der Waals surface area contributed by atoms with Crippen molar-refractivity contribution in [1.82, 2.24) is 4.90 Å². The van der Waals surface area contributed by atoms with Gasteiger partial charge in [-0.25, -0.2) is 4.79 Å². The molecule has 0 saturated carbocycles. The quantitative estimate of drug-likeness (QED) is 0.662. The molecule has 1 amide bonds. The average molecular weight is 217 g/mol. The number of carbonyl (C=O) groups excluding carboxylic acids is 1. The summed E-state index contributed by atoms with van der Waals surface area (Å²) < 4.78 is 9.90. The summed E-state index contributed by atoms with van der Waals surface area (Å²) in [6, 6.07) is 0.119. The molecule has 1 aliphatic heterocycles. The summed E-state index contributed by atoms with van der Waals surface area (Å²) >= 11 is 0. The third-order valence-electron chi connectivity index (χ3n) is 2.56. The summed E-state index contributed by atoms with van der Waals surface area (Å²) in [6.45, 7) is 1.84. The molecule has 0 radical (unpaired) electrons. The molecule has 1 unspecified atom stereocenters. The zero-order chi connectivity index (χ0) is 11.1. The van der Waals surface area contributed by atoms with Crippen LogP contribution in [0.4, 0.5) is 4.79 Å². The van der Waals surface area contributed by atoms with Crippen LogP contribution >= 0.6 is 0 Å². The van der Waals surface area contributed by atoms with Gasteiger partial charge in [-0.15, -0.1) is 0 Å². The molecule has 5 nitrogen and oxygen atoms in total. The van der Waals surface area contributed by atoms with Crippen molar-refractivity contribution < 1.29 is 19.4 Å². The van der Waals surface area contributed by atoms with E-state index in [2.05, 4.69) is 0 Å². The first-order valence-electron chi connectivity index (χ1n) is 5.32. The lowest BCUT2D eigenvalue weighted by atomic mass is 10.1. The van der Waals surface area contributed by atoms with Crippen LogP contribution in [0.3, 0.4) is 0 Å². The lowest BCUT2D eigenvalue weighted by Crippen LogP contribution is -2.46. The van der Waals surface area contributed by atoms with Crippen LogP contribution in [0.2, 0.25) is 0 Å². The summed E-state index contributed by atoms with van der Waals surface area (Å²) in [5.74, 6) is 0. The molecule has 0 aromatic heterocycles. The predicted molar refractivity (Wildman–Crippen MR) is 54.7 cm³/mol. The largest absolute Gasteiger partial charge is 0.449 e. The Hall–Kier alpha value is -0.810. The Bertz CT molecular complexity index is 196. The molecule has 0 aromatic carbocycles. The molecule has 1 N–H and O–H groups in total. The number of ether oxygens (including phenoxy) is 2. The summed E-state index contributed by atoms with van der Waals surface area (Å²) in [6.07, 6.45) is 1.96. The van der Waals surface area contributed by atoms with Crippen LogP contribution in [0.5, 0.6) is 0 Å². The van der Waals surface area contributed by atoms with E-state index >= 15 is 0 Å². The van der Waals surface area contributed by atoms with E-state index in [0.717, 1.165) is 12.8 Å². The van der Waals surface area contributed by atoms with Crippen molar-refractivity contribution in [3.63, 3.8) is 0 Å². The molecule has 1 rings (SSSR count). The van der Waals surface area contributed by atoms with E-state index in [0.29, 0.717) is 26.2 Å². The predicted octanol–water partition coefficient (Wildman–Crippen LogP) is 0.616. The van der Waals surface area contributed by atoms with Crippen molar-refractivity contribution in [2.45, 2.75) is 25.3 Å². The number of cyclic esters (lactones) is 1. The van der Waals surface area contributed by atoms with Gasteiger partial charge in [-0.3, -0.25) is 0 Å². The van der Waals surface area contributed by atoms with E-state index in [-0.39, 0.29) is 18.7 Å². The van der Waals surface area contributed by atoms with Gasteiger partial charge in [-0.2, -0.15) is 0 Å². The van der Waals surface area contributed by atoms with Crippen LogP contribution in [0.1, 0.15) is 19.3 Å². The average Bonchev–Trinajstić information content (AvgIpc) is 2.23. The highest BCUT2D eigenvalue weighted by Crippen LogP contribution is 2.16. The highest BCUT2D eigenvalue weighted by molar-refractivity contribution is 5.68. The van der Waals surface area contributed by atoms with Crippen molar-refractivity contribution in [3.8, 4) is 0 Å². The molecular weight excluding hydrogens is 198 g/mol. The van der Waals surface area contributed by atoms with E-state index in [9.17, 15) is 4.79 Å². The Morgan fingerprint density at radius 2 is 2.47 bits per heavy atom. The summed E-state index contributed by atoms with van der Waals surface area (Å²) in [5, 5.41) is 8.89. The van der Waals surface area contributed by atoms with Crippen LogP contribution in [0.25, 0.3) is 0 Å². The highest BCUT2D eigenvalue weighted by atomic mass is 16.6. The van der Waals surface area contributed by atoms with Crippen LogP contribution in [0, 0.1) is 0 Å². The zero-order valence-corrected chi connectivity index (χ0v) is 9.15. The number of hydrogen-bond donors (Lipinski definition) is 1. The molecular formula is C10H19NO4. The molecule has 15 heavy (non-hydrogen) atoms. The van der Waals surface area contributed by atoms with E-state index < -0.39 is 0 Å². The fraction of sp³-hybridized carbons (Fsp3) is 0.900. The Balaban J connectivity index is 2.41. The van der Waals surface area contributed by atoms with Crippen molar-refractivity contribution >= 4 is 6.09 Å². The molecule has 0 aromatic rings. The first-order valence-corrected chi connectivity index (χ1v) is 5.32. The second-order valence-electron chi connectivity index (χ2n) is 3.61. The Labute approximate surface area is 90.0 Å². The minimum absolute atomic E-state index is 0.110. The maximum absolute atomic E-state index is 11.5. The Morgan fingerprint density at radius 3 is 3.13 bits per heavy atom. The highest BCUT2D eigenvalue weighted by Gasteiger charge is 2.28. The van der Waals surface area contributed by atoms with E-state index in [1.807, 2.05) is 0 Å². The van der Waals surface area contributed by atoms with Crippen molar-refractivity contribution in [1.29, 1.82) is 0 Å². The molecule has 5 heteroatoms. The second kappa shape index (κ2) is 6.63. The Kier molecular flexibility index (Phi) is 5.42. The summed E-state index contributed by atoms with van der Waals surface area (Å²) in [5.41, 5.74) is 0. The third kappa shape index (κ3) is 3.68. The Morgan fingerprint density at radius 1 is 1.67 bits per heavy atom. The molecule has 1 aliphatic rings. The van der Waals surface area contributed by atoms with E-state index in [1.54, 1.807) is 12.0 Å². The van der Waals surface area contributed by atoms with E-state index in [1.165, 1.54) is 0 Å². The van der Waals surface area contributed by atoms with Gasteiger partial charge in [0.05, 0.1) is 6.61 Å². The number of rotatable bonds is 6. The molecule has 88 valence electrons. The SMILES string of the molecule is COCCCN1C(=O)OCCC1CCO. The third-order valence-corrected chi connectivity index (χ3v) is 2.56. The number of nitrogens with zero attached hydrogens (tertiary/aromatic N) is 1. The fourth-order valence-electron chi connectivity index (χ4n) is 1.77. The monoisotopic (exact) mass is 217 g/mol. The van der Waals surface area contributed by atoms with Crippen LogP contribution in [-0.4, -0.2) is 55.6 Å². The maximum atomic E-state index is 11.5. The number of hydrogen-bond acceptors (Lipinski definition) is 4. The first-order chi connectivity index (χ1) is 7.29. The molecule has 1 heterocycles. The van der Waals surface area contributed by atoms with Gasteiger partial charge in [-0.1, -0.05) is 0 Å². The van der Waals surface area contributed by atoms with Crippen LogP contribution in [0.15, 0.2) is 0 Å². The molecule has 1 atom stereocenters. The lowest BCUT2D eigenvalue weighted by Gasteiger charge is -2.34. The summed E-state index contributed by atoms with van der Waals surface area (Å²) in [4.78, 5) is 13.1. The number of aliphatic hydroxyl groups is 1. The van der Waals surface area contributed by atoms with Crippen LogP contribution in [-0.2, 0) is 9.47 Å². The fourth-order valence-corrected chi connectivity index (χ4v) is 1.77. The molecule has 0 bridgehead atoms. The van der Waals surface area contributed by atoms with Crippen LogP contribution < -0.4 is 0 Å². The van der Waals surface area contributed by atoms with Gasteiger partial charge in [0.25, 0.3) is 0 Å². The van der Waals surface area contributed by atoms with Gasteiger partial charge in [0, 0.05) is 39.3 Å². The zero-order valence-electron chi connectivity index (χ0n) is 9.15. The number of methoxy groups -OCH3 is 1. The topological polar surface area (TPSA) is 59.0 Å². The van der Waals surface area contributed by atoms with Gasteiger partial charge in [0.2, 0.25) is 0 Å². The van der Waals surface area contributed by atoms with Crippen molar-refractivity contribution in [3.05, 3.63) is 0 Å². The van der Waals surface area contributed by atoms with Gasteiger partial charge in [-0.05, 0) is 12.8 Å². The second-order valence-corrected chi connectivity index (χ2v) is 3.61. The minimum atomic E-state index is -0.268. The van der Waals surface area contributed by atoms with Crippen molar-refractivity contribution in [2.75, 3.05) is 33.5 Å². The molecule has 1 saturated heterocycles. The lowest BCUT2D eigenvalue weighted by molar-refractivity contribution is 0.0331. The first kappa shape index (κ1) is 12.3. The van der Waals surface area contributed by atoms with Gasteiger partial charge in [0.1, 0.15) is 0 Å². The number of amides is 1. The van der Waals surface area contributed by atoms with Gasteiger partial charge in [0.15, 0.2) is 0 Å². The number of aliphatic hydroxyl groups excluding tert-OH is 1. The molecule has 0 spiro atoms. The van der Waals surface area contributed by atoms with E-state index in [4.69, 9.17) is 14.6 Å². The molecule has 1 fully saturated rings. The maximum Gasteiger partial charge on any atom is 0.410 e. The normalized spacial score (nSPS) is 21.6. The van der Waals surface area contributed by atoms with Gasteiger partial charge >= 0.3 is 6.09 Å². The molecule has 0 aliphatic carbocycles. The minimum Gasteiger partial charge on any atom is -0.449 e.